The number of nitrogens with one attached hydrogen (secondary N) is 1. The van der Waals surface area contributed by atoms with Gasteiger partial charge in [-0.05, 0) is 29.8 Å². The number of nitrogens with zero attached hydrogens (tertiary/aromatic N) is 2. The Kier molecular flexibility index (Phi) is 4.82. The van der Waals surface area contributed by atoms with Crippen molar-refractivity contribution in [2.45, 2.75) is 6.54 Å². The fraction of sp³-hybridized carbons (Fsp3) is 0.150. The van der Waals surface area contributed by atoms with Crippen LogP contribution in [-0.2, 0) is 13.6 Å². The topological polar surface area (TPSA) is 103 Å². The number of benzene rings is 2. The molecule has 0 fully saturated rings. The number of hydrogen-bond donors (Lipinski definition) is 2. The van der Waals surface area contributed by atoms with Crippen LogP contribution < -0.4 is 20.3 Å². The molecule has 10 heteroatoms. The molecule has 0 radical (unpaired) electrons. The van der Waals surface area contributed by atoms with Crippen LogP contribution in [0.2, 0.25) is 0 Å². The van der Waals surface area contributed by atoms with Crippen LogP contribution in [0.5, 0.6) is 17.2 Å². The largest absolute Gasteiger partial charge is 0.501 e. The number of halogens is 2. The van der Waals surface area contributed by atoms with Crippen LogP contribution in [0.25, 0.3) is 11.4 Å². The molecule has 1 amide bonds. The van der Waals surface area contributed by atoms with Crippen molar-refractivity contribution in [3.8, 4) is 28.6 Å². The van der Waals surface area contributed by atoms with E-state index >= 15 is 0 Å². The minimum atomic E-state index is -1.02. The summed E-state index contributed by atoms with van der Waals surface area (Å²) in [6.07, 6.45) is 0. The second-order valence-corrected chi connectivity index (χ2v) is 6.46. The van der Waals surface area contributed by atoms with Gasteiger partial charge in [-0.25, -0.2) is 13.8 Å². The van der Waals surface area contributed by atoms with Gasteiger partial charge >= 0.3 is 0 Å². The maximum atomic E-state index is 14.2. The summed E-state index contributed by atoms with van der Waals surface area (Å²) in [5.74, 6) is -3.07. The van der Waals surface area contributed by atoms with E-state index in [1.54, 1.807) is 18.2 Å². The van der Waals surface area contributed by atoms with Crippen molar-refractivity contribution in [1.29, 1.82) is 0 Å². The van der Waals surface area contributed by atoms with E-state index < -0.39 is 45.9 Å². The van der Waals surface area contributed by atoms with Crippen LogP contribution in [0.15, 0.2) is 41.2 Å². The van der Waals surface area contributed by atoms with Gasteiger partial charge in [0.2, 0.25) is 12.5 Å². The summed E-state index contributed by atoms with van der Waals surface area (Å²) < 4.78 is 39.6. The first-order valence-corrected chi connectivity index (χ1v) is 8.78. The highest BCUT2D eigenvalue weighted by Gasteiger charge is 2.24. The van der Waals surface area contributed by atoms with Gasteiger partial charge < -0.3 is 19.9 Å². The molecule has 0 atom stereocenters. The first kappa shape index (κ1) is 19.4. The number of hydrogen-bond acceptors (Lipinski definition) is 6. The molecule has 0 bridgehead atoms. The Labute approximate surface area is 168 Å². The third-order valence-corrected chi connectivity index (χ3v) is 4.56. The van der Waals surface area contributed by atoms with Crippen molar-refractivity contribution < 1.29 is 28.2 Å². The predicted octanol–water partition coefficient (Wildman–Crippen LogP) is 2.09. The lowest BCUT2D eigenvalue weighted by molar-refractivity contribution is 0.0942. The molecule has 2 aromatic carbocycles. The molecule has 30 heavy (non-hydrogen) atoms. The molecule has 0 saturated carbocycles. The van der Waals surface area contributed by atoms with E-state index in [1.165, 1.54) is 7.05 Å². The van der Waals surface area contributed by atoms with Gasteiger partial charge in [0.05, 0.1) is 5.56 Å². The van der Waals surface area contributed by atoms with Crippen molar-refractivity contribution in [3.63, 3.8) is 0 Å². The van der Waals surface area contributed by atoms with Crippen molar-refractivity contribution in [1.82, 2.24) is 14.9 Å². The van der Waals surface area contributed by atoms with E-state index in [2.05, 4.69) is 10.3 Å². The molecule has 4 rings (SSSR count). The molecule has 0 spiro atoms. The zero-order valence-corrected chi connectivity index (χ0v) is 15.6. The van der Waals surface area contributed by atoms with E-state index in [0.717, 1.165) is 22.8 Å². The Balaban J connectivity index is 1.66. The third kappa shape index (κ3) is 3.32. The fourth-order valence-corrected chi connectivity index (χ4v) is 3.00. The van der Waals surface area contributed by atoms with Crippen molar-refractivity contribution in [3.05, 3.63) is 69.6 Å². The van der Waals surface area contributed by atoms with Crippen LogP contribution in [-0.4, -0.2) is 27.4 Å². The Bertz CT molecular complexity index is 1210. The monoisotopic (exact) mass is 415 g/mol. The van der Waals surface area contributed by atoms with Gasteiger partial charge in [-0.1, -0.05) is 12.1 Å². The summed E-state index contributed by atoms with van der Waals surface area (Å²) in [6, 6.07) is 8.20. The lowest BCUT2D eigenvalue weighted by Crippen LogP contribution is -2.29. The number of aromatic nitrogens is 2. The number of fused-ring (bicyclic) bond motifs is 1. The molecule has 2 heterocycles. The van der Waals surface area contributed by atoms with Crippen LogP contribution in [0.3, 0.4) is 0 Å². The van der Waals surface area contributed by atoms with Gasteiger partial charge in [0.25, 0.3) is 11.5 Å². The second kappa shape index (κ2) is 7.47. The lowest BCUT2D eigenvalue weighted by Gasteiger charge is -2.13. The maximum absolute atomic E-state index is 14.2. The zero-order chi connectivity index (χ0) is 21.4. The van der Waals surface area contributed by atoms with Gasteiger partial charge in [-0.15, -0.1) is 0 Å². The second-order valence-electron chi connectivity index (χ2n) is 6.46. The summed E-state index contributed by atoms with van der Waals surface area (Å²) in [4.78, 5) is 28.8. The van der Waals surface area contributed by atoms with E-state index in [0.29, 0.717) is 17.1 Å². The van der Waals surface area contributed by atoms with E-state index in [4.69, 9.17) is 9.47 Å². The van der Waals surface area contributed by atoms with E-state index in [1.807, 2.05) is 0 Å². The number of carbonyl (C=O) groups is 1. The van der Waals surface area contributed by atoms with E-state index in [9.17, 15) is 23.5 Å². The number of ether oxygens (including phenoxy) is 2. The number of aromatic hydroxyl groups is 1. The summed E-state index contributed by atoms with van der Waals surface area (Å²) in [6.45, 7) is 0.126. The quantitative estimate of drug-likeness (QED) is 0.677. The predicted molar refractivity (Wildman–Crippen MR) is 100 cm³/mol. The Morgan fingerprint density at radius 1 is 1.20 bits per heavy atom. The minimum Gasteiger partial charge on any atom is -0.501 e. The van der Waals surface area contributed by atoms with Crippen molar-refractivity contribution in [2.24, 2.45) is 7.05 Å². The van der Waals surface area contributed by atoms with Gasteiger partial charge in [0, 0.05) is 13.6 Å². The number of rotatable bonds is 4. The Hall–Kier alpha value is -3.95. The maximum Gasteiger partial charge on any atom is 0.296 e. The van der Waals surface area contributed by atoms with Gasteiger partial charge in [0.15, 0.2) is 17.2 Å². The molecule has 0 saturated heterocycles. The molecule has 1 aliphatic rings. The molecule has 3 aromatic rings. The van der Waals surface area contributed by atoms with Gasteiger partial charge in [-0.3, -0.25) is 14.2 Å². The normalized spacial score (nSPS) is 12.1. The van der Waals surface area contributed by atoms with E-state index in [-0.39, 0.29) is 13.3 Å². The first-order valence-electron chi connectivity index (χ1n) is 8.78. The van der Waals surface area contributed by atoms with Crippen LogP contribution in [0.1, 0.15) is 16.1 Å². The molecule has 0 aliphatic carbocycles. The van der Waals surface area contributed by atoms with Crippen molar-refractivity contribution in [2.75, 3.05) is 6.79 Å². The number of carbonyl (C=O) groups excluding carboxylic acids is 1. The highest BCUT2D eigenvalue weighted by atomic mass is 19.1. The third-order valence-electron chi connectivity index (χ3n) is 4.56. The summed E-state index contributed by atoms with van der Waals surface area (Å²) in [7, 11) is 1.19. The van der Waals surface area contributed by atoms with Crippen LogP contribution >= 0.6 is 0 Å². The summed E-state index contributed by atoms with van der Waals surface area (Å²) in [5, 5.41) is 12.6. The lowest BCUT2D eigenvalue weighted by atomic mass is 10.1. The molecule has 1 aromatic heterocycles. The summed E-state index contributed by atoms with van der Waals surface area (Å²) >= 11 is 0. The highest BCUT2D eigenvalue weighted by Crippen LogP contribution is 2.32. The van der Waals surface area contributed by atoms with Crippen LogP contribution in [0, 0.1) is 11.6 Å². The van der Waals surface area contributed by atoms with Gasteiger partial charge in [0.1, 0.15) is 17.5 Å². The summed E-state index contributed by atoms with van der Waals surface area (Å²) in [5.41, 5.74) is -1.58. The smallest absolute Gasteiger partial charge is 0.296 e. The zero-order valence-electron chi connectivity index (χ0n) is 15.6. The SMILES string of the molecule is Cn1c(-c2c(F)cccc2F)nc(C(=O)NCc2ccc3c(c2)OCO3)c(O)c1=O. The highest BCUT2D eigenvalue weighted by molar-refractivity contribution is 5.95. The first-order chi connectivity index (χ1) is 14.4. The standard InChI is InChI=1S/C20H15F2N3O5/c1-25-18(15-11(21)3-2-4-12(15)22)24-16(17(26)20(25)28)19(27)23-8-10-5-6-13-14(7-10)30-9-29-13/h2-7,26H,8-9H2,1H3,(H,23,27). The molecule has 1 aliphatic heterocycles. The minimum absolute atomic E-state index is 0.0230. The molecule has 8 nitrogen and oxygen atoms in total. The molecule has 154 valence electrons. The number of amides is 1. The molecule has 0 unspecified atom stereocenters. The molecule has 2 N–H and O–H groups in total. The molecular formula is C20H15F2N3O5. The average Bonchev–Trinajstić information content (AvgIpc) is 3.19. The van der Waals surface area contributed by atoms with Crippen LogP contribution in [0.4, 0.5) is 8.78 Å². The Morgan fingerprint density at radius 2 is 1.90 bits per heavy atom. The Morgan fingerprint density at radius 3 is 2.63 bits per heavy atom. The molecular weight excluding hydrogens is 400 g/mol. The van der Waals surface area contributed by atoms with Crippen molar-refractivity contribution >= 4 is 5.91 Å². The van der Waals surface area contributed by atoms with Gasteiger partial charge in [-0.2, -0.15) is 0 Å². The fourth-order valence-electron chi connectivity index (χ4n) is 3.00. The average molecular weight is 415 g/mol.